The molecule has 0 saturated carbocycles. The van der Waals surface area contributed by atoms with E-state index in [0.717, 1.165) is 27.7 Å². The van der Waals surface area contributed by atoms with E-state index >= 15 is 0 Å². The van der Waals surface area contributed by atoms with Crippen LogP contribution in [-0.2, 0) is 19.5 Å². The zero-order valence-corrected chi connectivity index (χ0v) is 17.8. The fraction of sp³-hybridized carbons (Fsp3) is 0.273. The molecule has 4 aromatic rings. The molecule has 8 nitrogen and oxygen atoms in total. The van der Waals surface area contributed by atoms with Crippen LogP contribution in [0.15, 0.2) is 48.9 Å². The van der Waals surface area contributed by atoms with E-state index in [0.29, 0.717) is 11.5 Å². The number of nitrogens with zero attached hydrogens (tertiary/aromatic N) is 5. The van der Waals surface area contributed by atoms with Crippen LogP contribution in [0.3, 0.4) is 0 Å². The summed E-state index contributed by atoms with van der Waals surface area (Å²) < 4.78 is 3.47. The Labute approximate surface area is 174 Å². The van der Waals surface area contributed by atoms with Crippen molar-refractivity contribution < 1.29 is 4.79 Å². The van der Waals surface area contributed by atoms with Gasteiger partial charge < -0.3 is 5.32 Å². The molecule has 0 saturated heterocycles. The minimum Gasteiger partial charge on any atom is -0.308 e. The summed E-state index contributed by atoms with van der Waals surface area (Å²) in [5.41, 5.74) is 4.51. The third-order valence-corrected chi connectivity index (χ3v) is 5.02. The van der Waals surface area contributed by atoms with Gasteiger partial charge in [-0.3, -0.25) is 19.7 Å². The molecule has 30 heavy (non-hydrogen) atoms. The van der Waals surface area contributed by atoms with Crippen LogP contribution in [0.2, 0.25) is 0 Å². The number of hydrogen-bond acceptors (Lipinski definition) is 4. The number of aromatic nitrogens is 5. The Kier molecular flexibility index (Phi) is 4.77. The van der Waals surface area contributed by atoms with Gasteiger partial charge in [-0.05, 0) is 17.7 Å². The van der Waals surface area contributed by atoms with E-state index in [4.69, 9.17) is 0 Å². The number of carbonyl (C=O) groups is 1. The van der Waals surface area contributed by atoms with Gasteiger partial charge in [-0.2, -0.15) is 10.2 Å². The number of urea groups is 1. The predicted molar refractivity (Wildman–Crippen MR) is 118 cm³/mol. The van der Waals surface area contributed by atoms with Crippen molar-refractivity contribution in [1.29, 1.82) is 0 Å². The molecule has 4 rings (SSSR count). The smallest absolute Gasteiger partial charge is 0.308 e. The molecule has 154 valence electrons. The van der Waals surface area contributed by atoms with E-state index in [-0.39, 0.29) is 11.4 Å². The second-order valence-corrected chi connectivity index (χ2v) is 8.33. The van der Waals surface area contributed by atoms with Crippen LogP contribution in [0.5, 0.6) is 0 Å². The summed E-state index contributed by atoms with van der Waals surface area (Å²) in [6.45, 7) is 6.26. The maximum absolute atomic E-state index is 12.4. The highest BCUT2D eigenvalue weighted by atomic mass is 16.2. The molecule has 1 aromatic carbocycles. The fourth-order valence-corrected chi connectivity index (χ4v) is 3.25. The van der Waals surface area contributed by atoms with Gasteiger partial charge in [0.1, 0.15) is 5.82 Å². The number of rotatable bonds is 3. The van der Waals surface area contributed by atoms with Crippen LogP contribution in [0.25, 0.3) is 22.0 Å². The highest BCUT2D eigenvalue weighted by molar-refractivity contribution is 5.99. The highest BCUT2D eigenvalue weighted by Gasteiger charge is 2.19. The lowest BCUT2D eigenvalue weighted by molar-refractivity contribution is 0.262. The maximum atomic E-state index is 12.4. The number of aryl methyl sites for hydroxylation is 2. The summed E-state index contributed by atoms with van der Waals surface area (Å²) in [7, 11) is 3.71. The maximum Gasteiger partial charge on any atom is 0.324 e. The van der Waals surface area contributed by atoms with Gasteiger partial charge in [0.25, 0.3) is 0 Å². The molecule has 0 atom stereocenters. The Morgan fingerprint density at radius 3 is 2.37 bits per heavy atom. The molecule has 2 N–H and O–H groups in total. The van der Waals surface area contributed by atoms with Gasteiger partial charge in [0.05, 0.1) is 23.6 Å². The van der Waals surface area contributed by atoms with Crippen LogP contribution >= 0.6 is 0 Å². The Morgan fingerprint density at radius 1 is 0.967 bits per heavy atom. The number of pyridine rings is 1. The first-order valence-corrected chi connectivity index (χ1v) is 9.71. The summed E-state index contributed by atoms with van der Waals surface area (Å²) in [5.74, 6) is 0.642. The van der Waals surface area contributed by atoms with Gasteiger partial charge in [-0.25, -0.2) is 4.79 Å². The van der Waals surface area contributed by atoms with Crippen molar-refractivity contribution in [2.45, 2.75) is 26.2 Å². The quantitative estimate of drug-likeness (QED) is 0.533. The van der Waals surface area contributed by atoms with Gasteiger partial charge in [0, 0.05) is 48.4 Å². The Balaban J connectivity index is 1.49. The summed E-state index contributed by atoms with van der Waals surface area (Å²) in [6.07, 6.45) is 5.47. The number of nitrogens with one attached hydrogen (secondary N) is 2. The van der Waals surface area contributed by atoms with E-state index in [1.807, 2.05) is 56.8 Å². The summed E-state index contributed by atoms with van der Waals surface area (Å²) >= 11 is 0. The summed E-state index contributed by atoms with van der Waals surface area (Å²) in [6, 6.07) is 9.23. The average molecular weight is 403 g/mol. The number of fused-ring (bicyclic) bond motifs is 1. The van der Waals surface area contributed by atoms with Crippen molar-refractivity contribution in [3.63, 3.8) is 0 Å². The molecule has 0 aliphatic carbocycles. The molecule has 0 fully saturated rings. The molecule has 0 aliphatic rings. The molecular formula is C22H25N7O. The predicted octanol–water partition coefficient (Wildman–Crippen LogP) is 4.31. The van der Waals surface area contributed by atoms with Crippen molar-refractivity contribution in [3.05, 3.63) is 54.6 Å². The van der Waals surface area contributed by atoms with Crippen molar-refractivity contribution in [2.24, 2.45) is 14.1 Å². The van der Waals surface area contributed by atoms with Gasteiger partial charge >= 0.3 is 6.03 Å². The third kappa shape index (κ3) is 3.76. The number of benzene rings is 1. The van der Waals surface area contributed by atoms with Crippen LogP contribution in [0.4, 0.5) is 16.3 Å². The molecule has 0 aliphatic heterocycles. The van der Waals surface area contributed by atoms with E-state index < -0.39 is 0 Å². The molecule has 3 heterocycles. The lowest BCUT2D eigenvalue weighted by Crippen LogP contribution is -2.20. The van der Waals surface area contributed by atoms with Crippen molar-refractivity contribution in [3.8, 4) is 11.1 Å². The summed E-state index contributed by atoms with van der Waals surface area (Å²) in [4.78, 5) is 16.8. The number of anilines is 2. The number of hydrogen-bond donors (Lipinski definition) is 2. The van der Waals surface area contributed by atoms with Crippen LogP contribution in [-0.4, -0.2) is 30.6 Å². The second kappa shape index (κ2) is 7.29. The second-order valence-electron chi connectivity index (χ2n) is 8.33. The largest absolute Gasteiger partial charge is 0.324 e. The highest BCUT2D eigenvalue weighted by Crippen LogP contribution is 2.28. The van der Waals surface area contributed by atoms with E-state index in [1.54, 1.807) is 15.6 Å². The van der Waals surface area contributed by atoms with Crippen LogP contribution in [0, 0.1) is 0 Å². The first-order valence-electron chi connectivity index (χ1n) is 9.71. The zero-order chi connectivity index (χ0) is 21.5. The molecule has 0 spiro atoms. The lowest BCUT2D eigenvalue weighted by atomic mass is 9.92. The van der Waals surface area contributed by atoms with Gasteiger partial charge in [-0.15, -0.1) is 0 Å². The number of amides is 2. The lowest BCUT2D eigenvalue weighted by Gasteiger charge is -2.13. The monoisotopic (exact) mass is 403 g/mol. The van der Waals surface area contributed by atoms with Crippen molar-refractivity contribution in [2.75, 3.05) is 10.6 Å². The van der Waals surface area contributed by atoms with Crippen molar-refractivity contribution >= 4 is 28.4 Å². The molecule has 3 aromatic heterocycles. The fourth-order valence-electron chi connectivity index (χ4n) is 3.25. The molecule has 8 heteroatoms. The van der Waals surface area contributed by atoms with Crippen LogP contribution < -0.4 is 10.6 Å². The Morgan fingerprint density at radius 2 is 1.70 bits per heavy atom. The normalized spacial score (nSPS) is 11.6. The average Bonchev–Trinajstić information content (AvgIpc) is 3.25. The standard InChI is InChI=1S/C22H25N7O/c1-22(2,3)19-10-20(29(5)27-19)26-21(30)25-15-8-6-14(7-9-15)16-11-23-13-18-17(16)12-24-28(18)4/h6-13H,1-5H3,(H2,25,26,30). The molecular weight excluding hydrogens is 378 g/mol. The van der Waals surface area contributed by atoms with Gasteiger partial charge in [-0.1, -0.05) is 32.9 Å². The SMILES string of the molecule is Cn1nc(C(C)(C)C)cc1NC(=O)Nc1ccc(-c2cncc3c2cnn3C)cc1. The van der Waals surface area contributed by atoms with E-state index in [1.165, 1.54) is 0 Å². The molecule has 0 unspecified atom stereocenters. The Hall–Kier alpha value is -3.68. The summed E-state index contributed by atoms with van der Waals surface area (Å²) in [5, 5.41) is 15.5. The zero-order valence-electron chi connectivity index (χ0n) is 17.8. The Bertz CT molecular complexity index is 1210. The first-order chi connectivity index (χ1) is 14.2. The minimum absolute atomic E-state index is 0.0873. The number of carbonyl (C=O) groups excluding carboxylic acids is 1. The van der Waals surface area contributed by atoms with Gasteiger partial charge in [0.2, 0.25) is 0 Å². The molecule has 0 radical (unpaired) electrons. The van der Waals surface area contributed by atoms with E-state index in [2.05, 4.69) is 46.6 Å². The van der Waals surface area contributed by atoms with Crippen molar-refractivity contribution in [1.82, 2.24) is 24.5 Å². The van der Waals surface area contributed by atoms with Crippen LogP contribution in [0.1, 0.15) is 26.5 Å². The third-order valence-electron chi connectivity index (χ3n) is 5.02. The first kappa shape index (κ1) is 19.6. The minimum atomic E-state index is -0.317. The van der Waals surface area contributed by atoms with Gasteiger partial charge in [0.15, 0.2) is 0 Å². The van der Waals surface area contributed by atoms with E-state index in [9.17, 15) is 4.79 Å². The molecule has 2 amide bonds. The molecule has 0 bridgehead atoms. The topological polar surface area (TPSA) is 89.7 Å².